The molecule has 3 nitrogen and oxygen atoms in total. The fourth-order valence-electron chi connectivity index (χ4n) is 2.02. The number of anilines is 2. The quantitative estimate of drug-likeness (QED) is 0.700. The van der Waals surface area contributed by atoms with Crippen molar-refractivity contribution in [2.75, 3.05) is 4.90 Å². The van der Waals surface area contributed by atoms with Crippen LogP contribution in [0.4, 0.5) is 11.5 Å². The molecule has 0 aliphatic heterocycles. The first-order valence-corrected chi connectivity index (χ1v) is 6.20. The molecule has 0 N–H and O–H groups in total. The van der Waals surface area contributed by atoms with Crippen molar-refractivity contribution >= 4 is 11.5 Å². The van der Waals surface area contributed by atoms with Crippen molar-refractivity contribution in [1.82, 2.24) is 5.16 Å². The van der Waals surface area contributed by atoms with Gasteiger partial charge in [0.1, 0.15) is 6.26 Å². The normalized spacial score (nSPS) is 10.3. The molecule has 0 unspecified atom stereocenters. The molecule has 0 saturated heterocycles. The number of hydrogen-bond donors (Lipinski definition) is 0. The highest BCUT2D eigenvalue weighted by Crippen LogP contribution is 2.25. The van der Waals surface area contributed by atoms with E-state index in [0.29, 0.717) is 0 Å². The lowest BCUT2D eigenvalue weighted by Gasteiger charge is -2.21. The second-order valence-corrected chi connectivity index (χ2v) is 4.26. The molecule has 3 aromatic rings. The molecule has 0 aliphatic rings. The Bertz CT molecular complexity index is 606. The lowest BCUT2D eigenvalue weighted by atomic mass is 10.2. The van der Waals surface area contributed by atoms with Gasteiger partial charge in [-0.3, -0.25) is 0 Å². The van der Waals surface area contributed by atoms with Crippen molar-refractivity contribution in [3.05, 3.63) is 78.6 Å². The fourth-order valence-corrected chi connectivity index (χ4v) is 2.02. The Kier molecular flexibility index (Phi) is 3.28. The van der Waals surface area contributed by atoms with E-state index in [1.807, 2.05) is 42.5 Å². The van der Waals surface area contributed by atoms with E-state index in [2.05, 4.69) is 34.3 Å². The van der Waals surface area contributed by atoms with Crippen LogP contribution in [0.15, 0.2) is 77.5 Å². The third kappa shape index (κ3) is 2.65. The minimum Gasteiger partial charge on any atom is -0.363 e. The molecule has 0 saturated carbocycles. The van der Waals surface area contributed by atoms with Gasteiger partial charge in [0.15, 0.2) is 5.82 Å². The number of aromatic nitrogens is 1. The molecular weight excluding hydrogens is 236 g/mol. The van der Waals surface area contributed by atoms with Crippen molar-refractivity contribution in [3.8, 4) is 0 Å². The second kappa shape index (κ2) is 5.40. The van der Waals surface area contributed by atoms with Gasteiger partial charge in [0.05, 0.1) is 0 Å². The van der Waals surface area contributed by atoms with Gasteiger partial charge in [-0.05, 0) is 17.7 Å². The predicted molar refractivity (Wildman–Crippen MR) is 75.2 cm³/mol. The number of hydrogen-bond acceptors (Lipinski definition) is 3. The zero-order valence-electron chi connectivity index (χ0n) is 10.4. The predicted octanol–water partition coefficient (Wildman–Crippen LogP) is 4.01. The lowest BCUT2D eigenvalue weighted by molar-refractivity contribution is 0.420. The van der Waals surface area contributed by atoms with Gasteiger partial charge in [-0.2, -0.15) is 0 Å². The first-order valence-electron chi connectivity index (χ1n) is 6.20. The average Bonchev–Trinajstić information content (AvgIpc) is 3.01. The molecule has 3 heteroatoms. The summed E-state index contributed by atoms with van der Waals surface area (Å²) >= 11 is 0. The van der Waals surface area contributed by atoms with Crippen molar-refractivity contribution in [2.45, 2.75) is 6.54 Å². The summed E-state index contributed by atoms with van der Waals surface area (Å²) in [6.07, 6.45) is 1.59. The number of nitrogens with zero attached hydrogens (tertiary/aromatic N) is 2. The van der Waals surface area contributed by atoms with Gasteiger partial charge in [-0.15, -0.1) is 0 Å². The zero-order valence-corrected chi connectivity index (χ0v) is 10.4. The highest BCUT2D eigenvalue weighted by atomic mass is 16.5. The first-order chi connectivity index (χ1) is 9.43. The average molecular weight is 250 g/mol. The van der Waals surface area contributed by atoms with Gasteiger partial charge in [0, 0.05) is 18.3 Å². The molecule has 19 heavy (non-hydrogen) atoms. The van der Waals surface area contributed by atoms with Gasteiger partial charge in [0.25, 0.3) is 0 Å². The molecule has 0 atom stereocenters. The standard InChI is InChI=1S/C16H14N2O/c1-3-7-14(8-4-1)13-18(16-11-12-19-17-16)15-9-5-2-6-10-15/h1-12H,13H2. The largest absolute Gasteiger partial charge is 0.363 e. The topological polar surface area (TPSA) is 29.3 Å². The van der Waals surface area contributed by atoms with Crippen molar-refractivity contribution in [2.24, 2.45) is 0 Å². The van der Waals surface area contributed by atoms with Crippen LogP contribution in [0.1, 0.15) is 5.56 Å². The Hall–Kier alpha value is -2.55. The van der Waals surface area contributed by atoms with E-state index in [4.69, 9.17) is 4.52 Å². The lowest BCUT2D eigenvalue weighted by Crippen LogP contribution is -2.16. The van der Waals surface area contributed by atoms with Gasteiger partial charge in [0.2, 0.25) is 0 Å². The number of rotatable bonds is 4. The fraction of sp³-hybridized carbons (Fsp3) is 0.0625. The van der Waals surface area contributed by atoms with Gasteiger partial charge in [-0.1, -0.05) is 53.7 Å². The van der Waals surface area contributed by atoms with Crippen LogP contribution < -0.4 is 4.90 Å². The highest BCUT2D eigenvalue weighted by molar-refractivity contribution is 5.59. The maximum absolute atomic E-state index is 4.96. The van der Waals surface area contributed by atoms with Gasteiger partial charge < -0.3 is 9.42 Å². The van der Waals surface area contributed by atoms with E-state index < -0.39 is 0 Å². The summed E-state index contributed by atoms with van der Waals surface area (Å²) in [5.41, 5.74) is 2.33. The molecule has 2 aromatic carbocycles. The van der Waals surface area contributed by atoms with Crippen LogP contribution in [-0.4, -0.2) is 5.16 Å². The molecule has 0 fully saturated rings. The Labute approximate surface area is 112 Å². The molecule has 0 spiro atoms. The second-order valence-electron chi connectivity index (χ2n) is 4.26. The summed E-state index contributed by atoms with van der Waals surface area (Å²) in [4.78, 5) is 2.12. The van der Waals surface area contributed by atoms with Crippen LogP contribution >= 0.6 is 0 Å². The Morgan fingerprint density at radius 1 is 0.842 bits per heavy atom. The van der Waals surface area contributed by atoms with E-state index in [1.165, 1.54) is 5.56 Å². The van der Waals surface area contributed by atoms with Crippen LogP contribution in [0.5, 0.6) is 0 Å². The molecule has 0 bridgehead atoms. The van der Waals surface area contributed by atoms with Crippen LogP contribution in [0.3, 0.4) is 0 Å². The molecule has 0 aliphatic carbocycles. The minimum absolute atomic E-state index is 0.761. The zero-order chi connectivity index (χ0) is 12.9. The summed E-state index contributed by atoms with van der Waals surface area (Å²) in [5.74, 6) is 0.815. The summed E-state index contributed by atoms with van der Waals surface area (Å²) in [5, 5.41) is 4.04. The van der Waals surface area contributed by atoms with Crippen LogP contribution in [0.25, 0.3) is 0 Å². The summed E-state index contributed by atoms with van der Waals surface area (Å²) in [6, 6.07) is 22.4. The van der Waals surface area contributed by atoms with Gasteiger partial charge in [-0.25, -0.2) is 0 Å². The monoisotopic (exact) mass is 250 g/mol. The van der Waals surface area contributed by atoms with Gasteiger partial charge >= 0.3 is 0 Å². The van der Waals surface area contributed by atoms with Crippen LogP contribution in [-0.2, 0) is 6.54 Å². The van der Waals surface area contributed by atoms with E-state index >= 15 is 0 Å². The van der Waals surface area contributed by atoms with E-state index in [-0.39, 0.29) is 0 Å². The molecule has 0 amide bonds. The number of para-hydroxylation sites is 1. The smallest absolute Gasteiger partial charge is 0.176 e. The summed E-state index contributed by atoms with van der Waals surface area (Å²) in [6.45, 7) is 0.761. The summed E-state index contributed by atoms with van der Waals surface area (Å²) < 4.78 is 4.96. The molecule has 0 radical (unpaired) electrons. The first kappa shape index (κ1) is 11.5. The maximum Gasteiger partial charge on any atom is 0.176 e. The van der Waals surface area contributed by atoms with Crippen LogP contribution in [0, 0.1) is 0 Å². The van der Waals surface area contributed by atoms with Crippen LogP contribution in [0.2, 0.25) is 0 Å². The van der Waals surface area contributed by atoms with Crippen molar-refractivity contribution < 1.29 is 4.52 Å². The molecule has 1 heterocycles. The molecule has 1 aromatic heterocycles. The Balaban J connectivity index is 1.94. The Morgan fingerprint density at radius 2 is 1.53 bits per heavy atom. The Morgan fingerprint density at radius 3 is 2.16 bits per heavy atom. The SMILES string of the molecule is c1ccc(CN(c2ccccc2)c2ccon2)cc1. The maximum atomic E-state index is 4.96. The number of benzene rings is 2. The minimum atomic E-state index is 0.761. The third-order valence-corrected chi connectivity index (χ3v) is 2.95. The highest BCUT2D eigenvalue weighted by Gasteiger charge is 2.12. The van der Waals surface area contributed by atoms with E-state index in [1.54, 1.807) is 6.26 Å². The van der Waals surface area contributed by atoms with Crippen molar-refractivity contribution in [3.63, 3.8) is 0 Å². The molecular formula is C16H14N2O. The molecule has 94 valence electrons. The van der Waals surface area contributed by atoms with Crippen molar-refractivity contribution in [1.29, 1.82) is 0 Å². The summed E-state index contributed by atoms with van der Waals surface area (Å²) in [7, 11) is 0. The van der Waals surface area contributed by atoms with E-state index in [0.717, 1.165) is 18.1 Å². The third-order valence-electron chi connectivity index (χ3n) is 2.95. The molecule has 3 rings (SSSR count). The van der Waals surface area contributed by atoms with E-state index in [9.17, 15) is 0 Å².